The SMILES string of the molecule is Cc1ccc2cccc(OCC(=O)c3ccco3)c2n1. The molecule has 0 radical (unpaired) electrons. The smallest absolute Gasteiger partial charge is 0.235 e. The molecule has 0 bridgehead atoms. The summed E-state index contributed by atoms with van der Waals surface area (Å²) in [5.41, 5.74) is 1.67. The fraction of sp³-hybridized carbons (Fsp3) is 0.125. The van der Waals surface area contributed by atoms with Crippen LogP contribution >= 0.6 is 0 Å². The van der Waals surface area contributed by atoms with E-state index in [0.717, 1.165) is 16.6 Å². The fourth-order valence-corrected chi connectivity index (χ4v) is 1.99. The second kappa shape index (κ2) is 5.17. The quantitative estimate of drug-likeness (QED) is 0.680. The van der Waals surface area contributed by atoms with Crippen LogP contribution in [0.4, 0.5) is 0 Å². The Morgan fingerprint density at radius 1 is 1.20 bits per heavy atom. The van der Waals surface area contributed by atoms with E-state index in [2.05, 4.69) is 4.98 Å². The van der Waals surface area contributed by atoms with Crippen molar-refractivity contribution in [3.05, 3.63) is 60.2 Å². The molecule has 0 atom stereocenters. The number of fused-ring (bicyclic) bond motifs is 1. The summed E-state index contributed by atoms with van der Waals surface area (Å²) in [6.07, 6.45) is 1.47. The molecule has 0 aliphatic heterocycles. The van der Waals surface area contributed by atoms with Gasteiger partial charge in [-0.3, -0.25) is 4.79 Å². The Hall–Kier alpha value is -2.62. The lowest BCUT2D eigenvalue weighted by molar-refractivity contribution is 0.0895. The van der Waals surface area contributed by atoms with Crippen molar-refractivity contribution in [2.45, 2.75) is 6.92 Å². The molecule has 0 spiro atoms. The predicted octanol–water partition coefficient (Wildman–Crippen LogP) is 3.40. The third-order valence-electron chi connectivity index (χ3n) is 2.98. The molecule has 0 saturated carbocycles. The average molecular weight is 267 g/mol. The number of ketones is 1. The summed E-state index contributed by atoms with van der Waals surface area (Å²) in [4.78, 5) is 16.3. The Labute approximate surface area is 116 Å². The van der Waals surface area contributed by atoms with E-state index in [-0.39, 0.29) is 12.4 Å². The summed E-state index contributed by atoms with van der Waals surface area (Å²) in [5.74, 6) is 0.708. The van der Waals surface area contributed by atoms with E-state index in [1.807, 2.05) is 37.3 Å². The number of para-hydroxylation sites is 1. The van der Waals surface area contributed by atoms with Gasteiger partial charge in [0.15, 0.2) is 12.4 Å². The number of Topliss-reactive ketones (excluding diaryl/α,β-unsaturated/α-hetero) is 1. The van der Waals surface area contributed by atoms with Crippen molar-refractivity contribution in [3.8, 4) is 5.75 Å². The number of carbonyl (C=O) groups is 1. The van der Waals surface area contributed by atoms with E-state index in [1.54, 1.807) is 12.1 Å². The third-order valence-corrected chi connectivity index (χ3v) is 2.98. The van der Waals surface area contributed by atoms with Crippen LogP contribution in [0.3, 0.4) is 0 Å². The number of aromatic nitrogens is 1. The zero-order valence-electron chi connectivity index (χ0n) is 11.0. The standard InChI is InChI=1S/C16H13NO3/c1-11-7-8-12-4-2-5-15(16(12)17-11)20-10-13(18)14-6-3-9-19-14/h2-9H,10H2,1H3. The zero-order chi connectivity index (χ0) is 13.9. The van der Waals surface area contributed by atoms with Crippen molar-refractivity contribution in [2.75, 3.05) is 6.61 Å². The first-order valence-electron chi connectivity index (χ1n) is 6.30. The minimum atomic E-state index is -0.195. The molecule has 0 aliphatic carbocycles. The second-order valence-electron chi connectivity index (χ2n) is 4.47. The summed E-state index contributed by atoms with van der Waals surface area (Å²) in [7, 11) is 0. The van der Waals surface area contributed by atoms with E-state index in [0.29, 0.717) is 11.5 Å². The number of hydrogen-bond acceptors (Lipinski definition) is 4. The molecule has 4 heteroatoms. The molecule has 100 valence electrons. The highest BCUT2D eigenvalue weighted by Gasteiger charge is 2.11. The molecule has 2 heterocycles. The van der Waals surface area contributed by atoms with Gasteiger partial charge < -0.3 is 9.15 Å². The van der Waals surface area contributed by atoms with Gasteiger partial charge >= 0.3 is 0 Å². The lowest BCUT2D eigenvalue weighted by Gasteiger charge is -2.08. The number of nitrogens with zero attached hydrogens (tertiary/aromatic N) is 1. The van der Waals surface area contributed by atoms with Gasteiger partial charge in [-0.25, -0.2) is 4.98 Å². The van der Waals surface area contributed by atoms with Crippen molar-refractivity contribution in [1.82, 2.24) is 4.98 Å². The van der Waals surface area contributed by atoms with E-state index < -0.39 is 0 Å². The number of aryl methyl sites for hydroxylation is 1. The van der Waals surface area contributed by atoms with Gasteiger partial charge in [0.2, 0.25) is 5.78 Å². The Kier molecular flexibility index (Phi) is 3.21. The zero-order valence-corrected chi connectivity index (χ0v) is 11.0. The maximum absolute atomic E-state index is 11.8. The number of furan rings is 1. The molecule has 0 N–H and O–H groups in total. The highest BCUT2D eigenvalue weighted by atomic mass is 16.5. The normalized spacial score (nSPS) is 10.7. The lowest BCUT2D eigenvalue weighted by atomic mass is 10.2. The van der Waals surface area contributed by atoms with Crippen LogP contribution in [0.5, 0.6) is 5.75 Å². The fourth-order valence-electron chi connectivity index (χ4n) is 1.99. The Morgan fingerprint density at radius 2 is 2.10 bits per heavy atom. The number of carbonyl (C=O) groups excluding carboxylic acids is 1. The molecule has 4 nitrogen and oxygen atoms in total. The number of pyridine rings is 1. The van der Waals surface area contributed by atoms with Crippen LogP contribution in [0.2, 0.25) is 0 Å². The first-order chi connectivity index (χ1) is 9.74. The molecular formula is C16H13NO3. The molecule has 3 aromatic rings. The van der Waals surface area contributed by atoms with Gasteiger partial charge in [-0.2, -0.15) is 0 Å². The molecule has 3 rings (SSSR count). The number of benzene rings is 1. The average Bonchev–Trinajstić information content (AvgIpc) is 2.99. The van der Waals surface area contributed by atoms with Gasteiger partial charge in [-0.1, -0.05) is 18.2 Å². The molecule has 0 fully saturated rings. The maximum atomic E-state index is 11.8. The van der Waals surface area contributed by atoms with Gasteiger partial charge in [0, 0.05) is 11.1 Å². The second-order valence-corrected chi connectivity index (χ2v) is 4.47. The molecule has 2 aromatic heterocycles. The monoisotopic (exact) mass is 267 g/mol. The molecule has 0 saturated heterocycles. The lowest BCUT2D eigenvalue weighted by Crippen LogP contribution is -2.11. The molecule has 0 amide bonds. The van der Waals surface area contributed by atoms with Crippen molar-refractivity contribution in [3.63, 3.8) is 0 Å². The van der Waals surface area contributed by atoms with E-state index in [1.165, 1.54) is 6.26 Å². The van der Waals surface area contributed by atoms with Gasteiger partial charge in [0.1, 0.15) is 11.3 Å². The van der Waals surface area contributed by atoms with Crippen molar-refractivity contribution >= 4 is 16.7 Å². The topological polar surface area (TPSA) is 52.3 Å². The predicted molar refractivity (Wildman–Crippen MR) is 75.0 cm³/mol. The van der Waals surface area contributed by atoms with Crippen molar-refractivity contribution in [2.24, 2.45) is 0 Å². The van der Waals surface area contributed by atoms with Crippen molar-refractivity contribution in [1.29, 1.82) is 0 Å². The van der Waals surface area contributed by atoms with Crippen LogP contribution < -0.4 is 4.74 Å². The molecule has 0 aliphatic rings. The van der Waals surface area contributed by atoms with Gasteiger partial charge in [0.25, 0.3) is 0 Å². The maximum Gasteiger partial charge on any atom is 0.235 e. The molecule has 20 heavy (non-hydrogen) atoms. The van der Waals surface area contributed by atoms with Crippen LogP contribution in [-0.2, 0) is 0 Å². The van der Waals surface area contributed by atoms with Crippen LogP contribution in [0.15, 0.2) is 53.1 Å². The van der Waals surface area contributed by atoms with Crippen LogP contribution in [-0.4, -0.2) is 17.4 Å². The minimum absolute atomic E-state index is 0.0672. The van der Waals surface area contributed by atoms with Crippen LogP contribution in [0, 0.1) is 6.92 Å². The number of rotatable bonds is 4. The molecule has 0 unspecified atom stereocenters. The van der Waals surface area contributed by atoms with Gasteiger partial charge in [0.05, 0.1) is 6.26 Å². The highest BCUT2D eigenvalue weighted by Crippen LogP contribution is 2.24. The Bertz CT molecular complexity index is 748. The molecule has 1 aromatic carbocycles. The summed E-state index contributed by atoms with van der Waals surface area (Å²) in [6.45, 7) is 1.85. The summed E-state index contributed by atoms with van der Waals surface area (Å²) < 4.78 is 10.6. The van der Waals surface area contributed by atoms with Crippen molar-refractivity contribution < 1.29 is 13.9 Å². The summed E-state index contributed by atoms with van der Waals surface area (Å²) in [6, 6.07) is 12.9. The Morgan fingerprint density at radius 3 is 2.90 bits per heavy atom. The molecular weight excluding hydrogens is 254 g/mol. The van der Waals surface area contributed by atoms with E-state index in [9.17, 15) is 4.79 Å². The summed E-state index contributed by atoms with van der Waals surface area (Å²) in [5, 5.41) is 0.985. The first-order valence-corrected chi connectivity index (χ1v) is 6.30. The highest BCUT2D eigenvalue weighted by molar-refractivity contribution is 5.95. The minimum Gasteiger partial charge on any atom is -0.483 e. The summed E-state index contributed by atoms with van der Waals surface area (Å²) >= 11 is 0. The van der Waals surface area contributed by atoms with E-state index >= 15 is 0 Å². The van der Waals surface area contributed by atoms with Gasteiger partial charge in [-0.05, 0) is 31.2 Å². The number of hydrogen-bond donors (Lipinski definition) is 0. The first kappa shape index (κ1) is 12.4. The van der Waals surface area contributed by atoms with Crippen LogP contribution in [0.1, 0.15) is 16.2 Å². The Balaban J connectivity index is 1.84. The van der Waals surface area contributed by atoms with Crippen LogP contribution in [0.25, 0.3) is 10.9 Å². The van der Waals surface area contributed by atoms with E-state index in [4.69, 9.17) is 9.15 Å². The largest absolute Gasteiger partial charge is 0.483 e. The third kappa shape index (κ3) is 2.40. The van der Waals surface area contributed by atoms with Gasteiger partial charge in [-0.15, -0.1) is 0 Å². The number of ether oxygens (including phenoxy) is 1.